The topological polar surface area (TPSA) is 74.4 Å². The molecule has 3 unspecified atom stereocenters. The minimum atomic E-state index is -0.447. The van der Waals surface area contributed by atoms with Gasteiger partial charge >= 0.3 is 6.09 Å². The van der Waals surface area contributed by atoms with Gasteiger partial charge < -0.3 is 15.0 Å². The molecule has 10 heteroatoms. The lowest BCUT2D eigenvalue weighted by atomic mass is 10.0. The lowest BCUT2D eigenvalue weighted by Crippen LogP contribution is -2.36. The Balaban J connectivity index is 1.16. The van der Waals surface area contributed by atoms with Crippen LogP contribution in [-0.4, -0.2) is 73.9 Å². The van der Waals surface area contributed by atoms with Gasteiger partial charge in [0.05, 0.1) is 18.7 Å². The number of anilines is 2. The van der Waals surface area contributed by atoms with E-state index in [-0.39, 0.29) is 18.6 Å². The Morgan fingerprint density at radius 2 is 1.94 bits per heavy atom. The number of carbonyl (C=O) groups is 2. The molecule has 0 spiro atoms. The largest absolute Gasteiger partial charge is 0.442 e. The molecule has 3 atom stereocenters. The van der Waals surface area contributed by atoms with E-state index in [1.165, 1.54) is 0 Å². The summed E-state index contributed by atoms with van der Waals surface area (Å²) in [5, 5.41) is 5.21. The van der Waals surface area contributed by atoms with Crippen LogP contribution < -0.4 is 15.1 Å². The normalized spacial score (nSPS) is 27.4. The number of amides is 2. The Bertz CT molecular complexity index is 1030. The zero-order valence-corrected chi connectivity index (χ0v) is 19.8. The second-order valence-corrected chi connectivity index (χ2v) is 9.67. The van der Waals surface area contributed by atoms with Gasteiger partial charge in [-0.3, -0.25) is 14.5 Å². The van der Waals surface area contributed by atoms with Gasteiger partial charge in [-0.1, -0.05) is 29.9 Å². The number of halogens is 1. The fourth-order valence-corrected chi connectivity index (χ4v) is 5.13. The summed E-state index contributed by atoms with van der Waals surface area (Å²) >= 11 is 11.2. The van der Waals surface area contributed by atoms with Crippen LogP contribution in [0.4, 0.5) is 16.2 Å². The molecule has 3 heterocycles. The van der Waals surface area contributed by atoms with E-state index in [1.807, 2.05) is 36.4 Å². The van der Waals surface area contributed by atoms with Crippen molar-refractivity contribution in [2.75, 3.05) is 49.6 Å². The molecule has 174 valence electrons. The van der Waals surface area contributed by atoms with Crippen molar-refractivity contribution in [3.63, 3.8) is 0 Å². The average Bonchev–Trinajstić information content (AvgIpc) is 3.46. The molecule has 3 saturated heterocycles. The number of nitrogens with zero attached hydrogens (tertiary/aromatic N) is 3. The summed E-state index contributed by atoms with van der Waals surface area (Å²) in [4.78, 5) is 35.2. The Kier molecular flexibility index (Phi) is 6.13. The molecular weight excluding hydrogens is 464 g/mol. The average molecular weight is 489 g/mol. The minimum Gasteiger partial charge on any atom is -0.442 e. The van der Waals surface area contributed by atoms with Crippen LogP contribution in [0, 0.1) is 5.92 Å². The third-order valence-corrected chi connectivity index (χ3v) is 7.04. The molecule has 3 fully saturated rings. The molecule has 2 amide bonds. The first-order valence-electron chi connectivity index (χ1n) is 11.0. The summed E-state index contributed by atoms with van der Waals surface area (Å²) in [6.07, 6.45) is 3.17. The standard InChI is InChI=1S/C23H25ClN4O4S/c1-26-10-14-11-27(13-20(14)32-26)16-3-5-17(6-4-16)28-12-18(31-23(28)30)9-25-22(29)19-8-15(24)2-7-21(19)33/h2-6,8,14,18,20H,7,9-13H2,1H3,(H,25,29). The molecule has 1 N–H and O–H groups in total. The van der Waals surface area contributed by atoms with Crippen LogP contribution in [0.2, 0.25) is 0 Å². The monoisotopic (exact) mass is 488 g/mol. The van der Waals surface area contributed by atoms with E-state index in [2.05, 4.69) is 10.2 Å². The third kappa shape index (κ3) is 4.63. The molecule has 5 rings (SSSR count). The minimum absolute atomic E-state index is 0.200. The van der Waals surface area contributed by atoms with Crippen molar-refractivity contribution in [1.82, 2.24) is 10.4 Å². The van der Waals surface area contributed by atoms with Crippen LogP contribution in [0.1, 0.15) is 6.42 Å². The van der Waals surface area contributed by atoms with Crippen LogP contribution >= 0.6 is 23.8 Å². The second kappa shape index (κ2) is 9.06. The summed E-state index contributed by atoms with van der Waals surface area (Å²) < 4.78 is 5.46. The van der Waals surface area contributed by atoms with Crippen molar-refractivity contribution >= 4 is 52.1 Å². The summed E-state index contributed by atoms with van der Waals surface area (Å²) in [5.41, 5.74) is 2.26. The van der Waals surface area contributed by atoms with Gasteiger partial charge in [0.15, 0.2) is 0 Å². The Morgan fingerprint density at radius 3 is 2.70 bits per heavy atom. The number of fused-ring (bicyclic) bond motifs is 1. The van der Waals surface area contributed by atoms with Gasteiger partial charge in [0.1, 0.15) is 12.2 Å². The maximum Gasteiger partial charge on any atom is 0.414 e. The number of allylic oxidation sites excluding steroid dienone is 3. The number of rotatable bonds is 5. The maximum atomic E-state index is 12.5. The van der Waals surface area contributed by atoms with Gasteiger partial charge in [0.25, 0.3) is 5.91 Å². The molecule has 8 nitrogen and oxygen atoms in total. The Hall–Kier alpha value is -2.46. The van der Waals surface area contributed by atoms with Crippen LogP contribution in [0.15, 0.2) is 47.0 Å². The van der Waals surface area contributed by atoms with Gasteiger partial charge in [-0.05, 0) is 30.3 Å². The smallest absolute Gasteiger partial charge is 0.414 e. The molecule has 0 saturated carbocycles. The van der Waals surface area contributed by atoms with Crippen molar-refractivity contribution < 1.29 is 19.2 Å². The van der Waals surface area contributed by atoms with E-state index in [0.29, 0.717) is 34.4 Å². The van der Waals surface area contributed by atoms with Crippen LogP contribution in [0.3, 0.4) is 0 Å². The highest BCUT2D eigenvalue weighted by Gasteiger charge is 2.40. The second-order valence-electron chi connectivity index (χ2n) is 8.74. The van der Waals surface area contributed by atoms with Crippen molar-refractivity contribution in [2.45, 2.75) is 18.6 Å². The molecule has 1 aromatic rings. The molecule has 1 aliphatic carbocycles. The first-order valence-corrected chi connectivity index (χ1v) is 11.8. The quantitative estimate of drug-likeness (QED) is 0.639. The first-order chi connectivity index (χ1) is 15.9. The number of hydrogen-bond donors (Lipinski definition) is 1. The third-order valence-electron chi connectivity index (χ3n) is 6.39. The van der Waals surface area contributed by atoms with Gasteiger partial charge in [-0.25, -0.2) is 4.79 Å². The summed E-state index contributed by atoms with van der Waals surface area (Å²) in [6, 6.07) is 7.91. The molecule has 0 bridgehead atoms. The van der Waals surface area contributed by atoms with Gasteiger partial charge in [-0.15, -0.1) is 0 Å². The number of hydroxylamine groups is 2. The molecule has 4 aliphatic rings. The Labute approximate surface area is 202 Å². The molecule has 3 aliphatic heterocycles. The number of ether oxygens (including phenoxy) is 1. The van der Waals surface area contributed by atoms with Crippen molar-refractivity contribution in [3.05, 3.63) is 47.0 Å². The molecule has 1 aromatic carbocycles. The van der Waals surface area contributed by atoms with E-state index >= 15 is 0 Å². The van der Waals surface area contributed by atoms with Crippen molar-refractivity contribution in [3.8, 4) is 0 Å². The summed E-state index contributed by atoms with van der Waals surface area (Å²) in [5.74, 6) is 0.209. The molecular formula is C23H25ClN4O4S. The fraction of sp³-hybridized carbons (Fsp3) is 0.435. The van der Waals surface area contributed by atoms with E-state index in [0.717, 1.165) is 31.0 Å². The Morgan fingerprint density at radius 1 is 1.18 bits per heavy atom. The number of cyclic esters (lactones) is 1. The highest BCUT2D eigenvalue weighted by molar-refractivity contribution is 7.81. The maximum absolute atomic E-state index is 12.5. The van der Waals surface area contributed by atoms with Crippen LogP contribution in [0.25, 0.3) is 0 Å². The lowest BCUT2D eigenvalue weighted by Gasteiger charge is -2.22. The van der Waals surface area contributed by atoms with Crippen LogP contribution in [0.5, 0.6) is 0 Å². The molecule has 0 aromatic heterocycles. The van der Waals surface area contributed by atoms with Crippen molar-refractivity contribution in [2.24, 2.45) is 5.92 Å². The molecule has 0 radical (unpaired) electrons. The van der Waals surface area contributed by atoms with Gasteiger partial charge in [0.2, 0.25) is 0 Å². The first kappa shape index (κ1) is 22.3. The SMILES string of the molecule is CN1CC2CN(c3ccc(N4CC(CNC(=O)C5=CC(Cl)=CCC5=S)OC4=O)cc3)CC2O1. The van der Waals surface area contributed by atoms with Crippen molar-refractivity contribution in [1.29, 1.82) is 0 Å². The zero-order chi connectivity index (χ0) is 23.1. The van der Waals surface area contributed by atoms with Crippen LogP contribution in [-0.2, 0) is 14.4 Å². The summed E-state index contributed by atoms with van der Waals surface area (Å²) in [6.45, 7) is 3.33. The van der Waals surface area contributed by atoms with E-state index in [9.17, 15) is 9.59 Å². The molecule has 33 heavy (non-hydrogen) atoms. The summed E-state index contributed by atoms with van der Waals surface area (Å²) in [7, 11) is 1.97. The zero-order valence-electron chi connectivity index (χ0n) is 18.2. The van der Waals surface area contributed by atoms with E-state index in [1.54, 1.807) is 17.1 Å². The number of nitrogens with one attached hydrogen (secondary N) is 1. The number of thiocarbonyl (C=S) groups is 1. The van der Waals surface area contributed by atoms with E-state index in [4.69, 9.17) is 33.4 Å². The number of carbonyl (C=O) groups excluding carboxylic acids is 2. The highest BCUT2D eigenvalue weighted by atomic mass is 35.5. The van der Waals surface area contributed by atoms with Gasteiger partial charge in [0, 0.05) is 60.3 Å². The highest BCUT2D eigenvalue weighted by Crippen LogP contribution is 2.32. The lowest BCUT2D eigenvalue weighted by molar-refractivity contribution is -0.122. The van der Waals surface area contributed by atoms with Gasteiger partial charge in [-0.2, -0.15) is 5.06 Å². The number of benzene rings is 1. The number of hydrogen-bond acceptors (Lipinski definition) is 7. The van der Waals surface area contributed by atoms with E-state index < -0.39 is 12.2 Å². The predicted octanol–water partition coefficient (Wildman–Crippen LogP) is 2.63. The fourth-order valence-electron chi connectivity index (χ4n) is 4.70. The predicted molar refractivity (Wildman–Crippen MR) is 130 cm³/mol.